The summed E-state index contributed by atoms with van der Waals surface area (Å²) in [7, 11) is 7.94. The summed E-state index contributed by atoms with van der Waals surface area (Å²) in [6, 6.07) is 6.93. The smallest absolute Gasteiger partial charge is 0.195 e. The largest absolute Gasteiger partial charge is 0.381 e. The van der Waals surface area contributed by atoms with Gasteiger partial charge in [-0.15, -0.1) is 0 Å². The van der Waals surface area contributed by atoms with E-state index in [4.69, 9.17) is 9.73 Å². The minimum atomic E-state index is -0.187. The van der Waals surface area contributed by atoms with Gasteiger partial charge in [-0.05, 0) is 30.5 Å². The highest BCUT2D eigenvalue weighted by atomic mass is 19.1. The van der Waals surface area contributed by atoms with Gasteiger partial charge in [0.15, 0.2) is 5.96 Å². The minimum Gasteiger partial charge on any atom is -0.381 e. The van der Waals surface area contributed by atoms with E-state index in [1.54, 1.807) is 12.1 Å². The molecule has 1 fully saturated rings. The first kappa shape index (κ1) is 16.7. The molecular weight excluding hydrogens is 281 g/mol. The van der Waals surface area contributed by atoms with Gasteiger partial charge in [0, 0.05) is 46.8 Å². The highest BCUT2D eigenvalue weighted by Gasteiger charge is 2.35. The standard InChI is InChI=1S/C17H26FN3O/c1-20(2)16(21(3)4)19-13-17(8-10-22-11-9-17)14-6-5-7-15(18)12-14/h5-7,12H,8-11,13H2,1-4H3. The Labute approximate surface area is 132 Å². The van der Waals surface area contributed by atoms with Gasteiger partial charge in [0.1, 0.15) is 5.82 Å². The fraction of sp³-hybridized carbons (Fsp3) is 0.588. The first-order chi connectivity index (χ1) is 10.4. The molecule has 22 heavy (non-hydrogen) atoms. The third-order valence-corrected chi connectivity index (χ3v) is 4.21. The number of benzene rings is 1. The van der Waals surface area contributed by atoms with Crippen LogP contribution in [0.4, 0.5) is 4.39 Å². The van der Waals surface area contributed by atoms with Gasteiger partial charge >= 0.3 is 0 Å². The second-order valence-corrected chi connectivity index (χ2v) is 6.31. The van der Waals surface area contributed by atoms with E-state index >= 15 is 0 Å². The molecule has 1 saturated heterocycles. The number of rotatable bonds is 3. The maximum Gasteiger partial charge on any atom is 0.195 e. The Bertz CT molecular complexity index is 512. The molecule has 0 unspecified atom stereocenters. The van der Waals surface area contributed by atoms with E-state index in [0.717, 1.165) is 24.4 Å². The summed E-state index contributed by atoms with van der Waals surface area (Å²) >= 11 is 0. The Morgan fingerprint density at radius 2 is 1.82 bits per heavy atom. The molecule has 1 heterocycles. The van der Waals surface area contributed by atoms with Crippen LogP contribution >= 0.6 is 0 Å². The molecule has 1 aromatic carbocycles. The molecular formula is C17H26FN3O. The van der Waals surface area contributed by atoms with Crippen molar-refractivity contribution < 1.29 is 9.13 Å². The Morgan fingerprint density at radius 1 is 1.18 bits per heavy atom. The molecule has 0 spiro atoms. The molecule has 0 aliphatic carbocycles. The van der Waals surface area contributed by atoms with Crippen molar-refractivity contribution in [1.29, 1.82) is 0 Å². The van der Waals surface area contributed by atoms with Gasteiger partial charge in [-0.25, -0.2) is 4.39 Å². The number of ether oxygens (including phenoxy) is 1. The monoisotopic (exact) mass is 307 g/mol. The molecule has 2 rings (SSSR count). The summed E-state index contributed by atoms with van der Waals surface area (Å²) in [6.45, 7) is 2.04. The first-order valence-corrected chi connectivity index (χ1v) is 7.67. The first-order valence-electron chi connectivity index (χ1n) is 7.67. The SMILES string of the molecule is CN(C)C(=NCC1(c2cccc(F)c2)CCOCC1)N(C)C. The average Bonchev–Trinajstić information content (AvgIpc) is 2.47. The summed E-state index contributed by atoms with van der Waals surface area (Å²) in [5.41, 5.74) is 0.883. The van der Waals surface area contributed by atoms with Crippen LogP contribution in [0, 0.1) is 5.82 Å². The highest BCUT2D eigenvalue weighted by molar-refractivity contribution is 5.79. The van der Waals surface area contributed by atoms with Gasteiger partial charge in [-0.3, -0.25) is 4.99 Å². The Morgan fingerprint density at radius 3 is 2.36 bits per heavy atom. The Hall–Kier alpha value is -1.62. The maximum atomic E-state index is 13.7. The molecule has 0 aromatic heterocycles. The number of aliphatic imine (C=N–C) groups is 1. The van der Waals surface area contributed by atoms with E-state index in [2.05, 4.69) is 0 Å². The predicted molar refractivity (Wildman–Crippen MR) is 87.8 cm³/mol. The fourth-order valence-corrected chi connectivity index (χ4v) is 3.02. The number of hydrogen-bond acceptors (Lipinski definition) is 2. The zero-order valence-electron chi connectivity index (χ0n) is 14.0. The highest BCUT2D eigenvalue weighted by Crippen LogP contribution is 2.35. The molecule has 0 radical (unpaired) electrons. The van der Waals surface area contributed by atoms with Crippen molar-refractivity contribution in [2.45, 2.75) is 18.3 Å². The van der Waals surface area contributed by atoms with Crippen LogP contribution < -0.4 is 0 Å². The van der Waals surface area contributed by atoms with Crippen LogP contribution in [0.5, 0.6) is 0 Å². The van der Waals surface area contributed by atoms with Crippen LogP contribution in [0.15, 0.2) is 29.3 Å². The summed E-state index contributed by atoms with van der Waals surface area (Å²) in [6.07, 6.45) is 1.74. The third kappa shape index (κ3) is 3.77. The van der Waals surface area contributed by atoms with Gasteiger partial charge in [-0.2, -0.15) is 0 Å². The average molecular weight is 307 g/mol. The van der Waals surface area contributed by atoms with Crippen molar-refractivity contribution in [3.8, 4) is 0 Å². The van der Waals surface area contributed by atoms with Gasteiger partial charge in [0.05, 0.1) is 6.54 Å². The van der Waals surface area contributed by atoms with E-state index in [1.807, 2.05) is 44.1 Å². The van der Waals surface area contributed by atoms with Crippen LogP contribution in [0.1, 0.15) is 18.4 Å². The normalized spacial score (nSPS) is 17.0. The van der Waals surface area contributed by atoms with Gasteiger partial charge in [0.2, 0.25) is 0 Å². The maximum absolute atomic E-state index is 13.7. The van der Waals surface area contributed by atoms with Crippen molar-refractivity contribution in [2.75, 3.05) is 47.9 Å². The van der Waals surface area contributed by atoms with Crippen molar-refractivity contribution >= 4 is 5.96 Å². The van der Waals surface area contributed by atoms with E-state index < -0.39 is 0 Å². The molecule has 1 aromatic rings. The lowest BCUT2D eigenvalue weighted by Crippen LogP contribution is -2.40. The van der Waals surface area contributed by atoms with Gasteiger partial charge in [0.25, 0.3) is 0 Å². The number of guanidine groups is 1. The molecule has 0 saturated carbocycles. The molecule has 5 heteroatoms. The summed E-state index contributed by atoms with van der Waals surface area (Å²) in [4.78, 5) is 8.81. The predicted octanol–water partition coefficient (Wildman–Crippen LogP) is 2.35. The van der Waals surface area contributed by atoms with Crippen LogP contribution in [-0.2, 0) is 10.2 Å². The zero-order chi connectivity index (χ0) is 16.2. The third-order valence-electron chi connectivity index (χ3n) is 4.21. The number of nitrogens with zero attached hydrogens (tertiary/aromatic N) is 3. The molecule has 1 aliphatic rings. The van der Waals surface area contributed by atoms with Crippen LogP contribution in [0.3, 0.4) is 0 Å². The molecule has 0 atom stereocenters. The zero-order valence-corrected chi connectivity index (χ0v) is 14.0. The molecule has 0 bridgehead atoms. The molecule has 4 nitrogen and oxygen atoms in total. The summed E-state index contributed by atoms with van der Waals surface area (Å²) < 4.78 is 19.2. The topological polar surface area (TPSA) is 28.1 Å². The fourth-order valence-electron chi connectivity index (χ4n) is 3.02. The van der Waals surface area contributed by atoms with Crippen LogP contribution in [-0.4, -0.2) is 63.7 Å². The Balaban J connectivity index is 2.32. The van der Waals surface area contributed by atoms with Gasteiger partial charge < -0.3 is 14.5 Å². The van der Waals surface area contributed by atoms with Crippen molar-refractivity contribution in [1.82, 2.24) is 9.80 Å². The lowest BCUT2D eigenvalue weighted by molar-refractivity contribution is 0.0529. The second-order valence-electron chi connectivity index (χ2n) is 6.31. The van der Waals surface area contributed by atoms with E-state index in [0.29, 0.717) is 19.8 Å². The van der Waals surface area contributed by atoms with Crippen molar-refractivity contribution in [3.05, 3.63) is 35.6 Å². The number of hydrogen-bond donors (Lipinski definition) is 0. The second kappa shape index (κ2) is 7.09. The van der Waals surface area contributed by atoms with E-state index in [-0.39, 0.29) is 11.2 Å². The summed E-state index contributed by atoms with van der Waals surface area (Å²) in [5.74, 6) is 0.732. The minimum absolute atomic E-state index is 0.141. The van der Waals surface area contributed by atoms with E-state index in [9.17, 15) is 4.39 Å². The van der Waals surface area contributed by atoms with Crippen LogP contribution in [0.25, 0.3) is 0 Å². The van der Waals surface area contributed by atoms with E-state index in [1.165, 1.54) is 6.07 Å². The lowest BCUT2D eigenvalue weighted by atomic mass is 9.74. The molecule has 0 amide bonds. The number of halogens is 1. The lowest BCUT2D eigenvalue weighted by Gasteiger charge is -2.37. The van der Waals surface area contributed by atoms with Gasteiger partial charge in [-0.1, -0.05) is 12.1 Å². The Kier molecular flexibility index (Phi) is 5.40. The van der Waals surface area contributed by atoms with Crippen molar-refractivity contribution in [3.63, 3.8) is 0 Å². The molecule has 122 valence electrons. The molecule has 1 aliphatic heterocycles. The summed E-state index contributed by atoms with van der Waals surface area (Å²) in [5, 5.41) is 0. The van der Waals surface area contributed by atoms with Crippen molar-refractivity contribution in [2.24, 2.45) is 4.99 Å². The quantitative estimate of drug-likeness (QED) is 0.634. The molecule has 0 N–H and O–H groups in total. The van der Waals surface area contributed by atoms with Crippen LogP contribution in [0.2, 0.25) is 0 Å².